The lowest BCUT2D eigenvalue weighted by atomic mass is 9.78. The van der Waals surface area contributed by atoms with Gasteiger partial charge >= 0.3 is 5.97 Å². The van der Waals surface area contributed by atoms with E-state index < -0.39 is 5.97 Å². The third-order valence-corrected chi connectivity index (χ3v) is 4.02. The summed E-state index contributed by atoms with van der Waals surface area (Å²) >= 11 is 1.67. The summed E-state index contributed by atoms with van der Waals surface area (Å²) in [5.74, 6) is -0.837. The Morgan fingerprint density at radius 3 is 2.89 bits per heavy atom. The SMILES string of the molecule is COC(=O)C1=CC(C)(CCc2ccsc2)C=CC1=O. The molecule has 1 unspecified atom stereocenters. The van der Waals surface area contributed by atoms with Gasteiger partial charge in [0, 0.05) is 5.41 Å². The summed E-state index contributed by atoms with van der Waals surface area (Å²) < 4.78 is 4.64. The van der Waals surface area contributed by atoms with E-state index in [1.807, 2.05) is 18.4 Å². The molecule has 0 fully saturated rings. The number of rotatable bonds is 4. The number of esters is 1. The van der Waals surface area contributed by atoms with Gasteiger partial charge in [0.15, 0.2) is 5.78 Å². The Labute approximate surface area is 116 Å². The van der Waals surface area contributed by atoms with Crippen LogP contribution in [0.2, 0.25) is 0 Å². The summed E-state index contributed by atoms with van der Waals surface area (Å²) in [4.78, 5) is 23.2. The predicted molar refractivity (Wildman–Crippen MR) is 75.0 cm³/mol. The van der Waals surface area contributed by atoms with Crippen LogP contribution in [0.1, 0.15) is 18.9 Å². The van der Waals surface area contributed by atoms with Crippen LogP contribution in [0.3, 0.4) is 0 Å². The number of carbonyl (C=O) groups excluding carboxylic acids is 2. The Morgan fingerprint density at radius 2 is 2.26 bits per heavy atom. The average molecular weight is 276 g/mol. The van der Waals surface area contributed by atoms with E-state index in [0.717, 1.165) is 12.8 Å². The van der Waals surface area contributed by atoms with Crippen molar-refractivity contribution in [2.75, 3.05) is 7.11 Å². The Balaban J connectivity index is 2.13. The van der Waals surface area contributed by atoms with Crippen LogP contribution in [-0.4, -0.2) is 18.9 Å². The molecule has 1 atom stereocenters. The maximum absolute atomic E-state index is 11.7. The standard InChI is InChI=1S/C15H16O3S/c1-15(6-3-11-5-8-19-10-11)7-4-13(16)12(9-15)14(17)18-2/h4-5,7-10H,3,6H2,1-2H3. The van der Waals surface area contributed by atoms with E-state index in [9.17, 15) is 9.59 Å². The van der Waals surface area contributed by atoms with E-state index in [0.29, 0.717) is 0 Å². The van der Waals surface area contributed by atoms with Crippen molar-refractivity contribution in [2.45, 2.75) is 19.8 Å². The molecule has 2 rings (SSSR count). The molecule has 0 aliphatic heterocycles. The summed E-state index contributed by atoms with van der Waals surface area (Å²) in [5.41, 5.74) is 1.14. The van der Waals surface area contributed by atoms with Crippen LogP contribution >= 0.6 is 11.3 Å². The first-order valence-electron chi connectivity index (χ1n) is 6.10. The Morgan fingerprint density at radius 1 is 1.47 bits per heavy atom. The fourth-order valence-corrected chi connectivity index (χ4v) is 2.78. The van der Waals surface area contributed by atoms with Crippen molar-refractivity contribution in [1.82, 2.24) is 0 Å². The molecule has 0 saturated carbocycles. The minimum Gasteiger partial charge on any atom is -0.465 e. The Kier molecular flexibility index (Phi) is 4.00. The minimum absolute atomic E-state index is 0.137. The molecular weight excluding hydrogens is 260 g/mol. The summed E-state index contributed by atoms with van der Waals surface area (Å²) in [6.07, 6.45) is 6.85. The number of ketones is 1. The number of methoxy groups -OCH3 is 1. The maximum atomic E-state index is 11.7. The molecule has 1 aromatic rings. The van der Waals surface area contributed by atoms with Gasteiger partial charge in [-0.15, -0.1) is 0 Å². The molecule has 1 aliphatic rings. The molecule has 19 heavy (non-hydrogen) atoms. The number of ether oxygens (including phenoxy) is 1. The van der Waals surface area contributed by atoms with Crippen LogP contribution in [-0.2, 0) is 20.7 Å². The number of carbonyl (C=O) groups is 2. The first kappa shape index (κ1) is 13.7. The molecule has 1 aliphatic carbocycles. The average Bonchev–Trinajstić information content (AvgIpc) is 2.92. The Bertz CT molecular complexity index is 540. The van der Waals surface area contributed by atoms with Crippen molar-refractivity contribution in [1.29, 1.82) is 0 Å². The van der Waals surface area contributed by atoms with Crippen molar-refractivity contribution >= 4 is 23.1 Å². The van der Waals surface area contributed by atoms with Gasteiger partial charge in [0.25, 0.3) is 0 Å². The number of thiophene rings is 1. The van der Waals surface area contributed by atoms with Crippen LogP contribution in [0.4, 0.5) is 0 Å². The van der Waals surface area contributed by atoms with Crippen LogP contribution in [0, 0.1) is 5.41 Å². The van der Waals surface area contributed by atoms with Gasteiger partial charge in [0.2, 0.25) is 0 Å². The molecule has 1 aromatic heterocycles. The van der Waals surface area contributed by atoms with Gasteiger partial charge in [-0.05, 0) is 41.3 Å². The van der Waals surface area contributed by atoms with Crippen molar-refractivity contribution < 1.29 is 14.3 Å². The summed E-state index contributed by atoms with van der Waals surface area (Å²) in [6.45, 7) is 2.02. The molecule has 0 radical (unpaired) electrons. The molecule has 0 saturated heterocycles. The van der Waals surface area contributed by atoms with E-state index in [4.69, 9.17) is 0 Å². The van der Waals surface area contributed by atoms with Gasteiger partial charge in [-0.2, -0.15) is 11.3 Å². The lowest BCUT2D eigenvalue weighted by Gasteiger charge is -2.25. The van der Waals surface area contributed by atoms with E-state index >= 15 is 0 Å². The Hall–Kier alpha value is -1.68. The highest BCUT2D eigenvalue weighted by atomic mass is 32.1. The van der Waals surface area contributed by atoms with Gasteiger partial charge in [0.1, 0.15) is 5.57 Å². The minimum atomic E-state index is -0.559. The van der Waals surface area contributed by atoms with Crippen molar-refractivity contribution in [3.8, 4) is 0 Å². The smallest absolute Gasteiger partial charge is 0.341 e. The number of hydrogen-bond donors (Lipinski definition) is 0. The second kappa shape index (κ2) is 5.53. The highest BCUT2D eigenvalue weighted by Crippen LogP contribution is 2.32. The van der Waals surface area contributed by atoms with E-state index in [1.165, 1.54) is 18.7 Å². The topological polar surface area (TPSA) is 43.4 Å². The zero-order valence-electron chi connectivity index (χ0n) is 11.0. The van der Waals surface area contributed by atoms with Crippen LogP contribution in [0.15, 0.2) is 40.6 Å². The molecule has 0 N–H and O–H groups in total. The molecule has 100 valence electrons. The van der Waals surface area contributed by atoms with Crippen molar-refractivity contribution in [3.05, 3.63) is 46.2 Å². The zero-order chi connectivity index (χ0) is 13.9. The van der Waals surface area contributed by atoms with E-state index in [-0.39, 0.29) is 16.8 Å². The number of allylic oxidation sites excluding steroid dienone is 3. The van der Waals surface area contributed by atoms with Gasteiger partial charge in [-0.25, -0.2) is 4.79 Å². The molecule has 4 heteroatoms. The summed E-state index contributed by atoms with van der Waals surface area (Å²) in [6, 6.07) is 2.09. The fourth-order valence-electron chi connectivity index (χ4n) is 2.08. The highest BCUT2D eigenvalue weighted by molar-refractivity contribution is 7.07. The molecular formula is C15H16O3S. The monoisotopic (exact) mass is 276 g/mol. The molecule has 3 nitrogen and oxygen atoms in total. The van der Waals surface area contributed by atoms with Crippen molar-refractivity contribution in [2.24, 2.45) is 5.41 Å². The molecule has 0 aromatic carbocycles. The predicted octanol–water partition coefficient (Wildman–Crippen LogP) is 2.93. The van der Waals surface area contributed by atoms with Gasteiger partial charge in [0.05, 0.1) is 7.11 Å². The van der Waals surface area contributed by atoms with Gasteiger partial charge in [-0.1, -0.05) is 19.1 Å². The second-order valence-electron chi connectivity index (χ2n) is 4.88. The first-order chi connectivity index (χ1) is 9.04. The third kappa shape index (κ3) is 3.20. The highest BCUT2D eigenvalue weighted by Gasteiger charge is 2.29. The van der Waals surface area contributed by atoms with Crippen LogP contribution in [0.25, 0.3) is 0 Å². The van der Waals surface area contributed by atoms with E-state index in [2.05, 4.69) is 16.2 Å². The van der Waals surface area contributed by atoms with Crippen molar-refractivity contribution in [3.63, 3.8) is 0 Å². The zero-order valence-corrected chi connectivity index (χ0v) is 11.8. The first-order valence-corrected chi connectivity index (χ1v) is 7.04. The molecule has 0 spiro atoms. The quantitative estimate of drug-likeness (QED) is 0.627. The van der Waals surface area contributed by atoms with Crippen LogP contribution < -0.4 is 0 Å². The molecule has 0 amide bonds. The third-order valence-electron chi connectivity index (χ3n) is 3.29. The normalized spacial score (nSPS) is 22.2. The molecule has 1 heterocycles. The summed E-state index contributed by atoms with van der Waals surface area (Å²) in [5, 5.41) is 4.17. The largest absolute Gasteiger partial charge is 0.465 e. The fraction of sp³-hybridized carbons (Fsp3) is 0.333. The van der Waals surface area contributed by atoms with Gasteiger partial charge in [-0.3, -0.25) is 4.79 Å². The summed E-state index contributed by atoms with van der Waals surface area (Å²) in [7, 11) is 1.29. The van der Waals surface area contributed by atoms with E-state index in [1.54, 1.807) is 17.4 Å². The van der Waals surface area contributed by atoms with Crippen LogP contribution in [0.5, 0.6) is 0 Å². The lowest BCUT2D eigenvalue weighted by Crippen LogP contribution is -2.23. The lowest BCUT2D eigenvalue weighted by molar-refractivity contribution is -0.137. The maximum Gasteiger partial charge on any atom is 0.341 e. The van der Waals surface area contributed by atoms with Gasteiger partial charge < -0.3 is 4.74 Å². The molecule has 0 bridgehead atoms. The number of aryl methyl sites for hydroxylation is 1. The second-order valence-corrected chi connectivity index (χ2v) is 5.66. The number of hydrogen-bond acceptors (Lipinski definition) is 4.